The van der Waals surface area contributed by atoms with Crippen molar-refractivity contribution in [1.82, 2.24) is 14.5 Å². The van der Waals surface area contributed by atoms with E-state index in [1.54, 1.807) is 41.8 Å². The van der Waals surface area contributed by atoms with E-state index in [2.05, 4.69) is 14.7 Å². The minimum atomic E-state index is -3.03. The minimum absolute atomic E-state index is 0.206. The van der Waals surface area contributed by atoms with E-state index in [4.69, 9.17) is 11.6 Å². The lowest BCUT2D eigenvalue weighted by molar-refractivity contribution is -0.255. The molecule has 6 nitrogen and oxygen atoms in total. The van der Waals surface area contributed by atoms with Gasteiger partial charge in [-0.2, -0.15) is 8.78 Å². The second-order valence-corrected chi connectivity index (χ2v) is 6.12. The van der Waals surface area contributed by atoms with Gasteiger partial charge in [-0.1, -0.05) is 23.7 Å². The Labute approximate surface area is 158 Å². The number of carbonyl (C=O) groups is 1. The predicted molar refractivity (Wildman–Crippen MR) is 91.7 cm³/mol. The summed E-state index contributed by atoms with van der Waals surface area (Å²) in [5.74, 6) is -1.62. The van der Waals surface area contributed by atoms with E-state index in [1.807, 2.05) is 0 Å². The molecule has 2 aromatic heterocycles. The Morgan fingerprint density at radius 2 is 2.07 bits per heavy atom. The Kier molecular flexibility index (Phi) is 5.36. The Balaban J connectivity index is 2.03. The maximum atomic E-state index is 12.7. The molecule has 0 aliphatic rings. The second kappa shape index (κ2) is 7.71. The topological polar surface area (TPSA) is 80.1 Å². The van der Waals surface area contributed by atoms with Crippen LogP contribution in [0.1, 0.15) is 29.0 Å². The minimum Gasteiger partial charge on any atom is -0.543 e. The van der Waals surface area contributed by atoms with Crippen LogP contribution in [0, 0.1) is 0 Å². The van der Waals surface area contributed by atoms with E-state index in [0.29, 0.717) is 21.7 Å². The van der Waals surface area contributed by atoms with Crippen molar-refractivity contribution in [1.29, 1.82) is 0 Å². The fourth-order valence-corrected chi connectivity index (χ4v) is 2.75. The average Bonchev–Trinajstić information content (AvgIpc) is 3.11. The summed E-state index contributed by atoms with van der Waals surface area (Å²) in [4.78, 5) is 18.6. The molecule has 0 spiro atoms. The van der Waals surface area contributed by atoms with Crippen molar-refractivity contribution < 1.29 is 23.4 Å². The number of alkyl halides is 2. The average molecular weight is 393 g/mol. The molecule has 9 heteroatoms. The van der Waals surface area contributed by atoms with E-state index in [0.717, 1.165) is 0 Å². The highest BCUT2D eigenvalue weighted by Crippen LogP contribution is 2.33. The predicted octanol–water partition coefficient (Wildman–Crippen LogP) is 3.17. The molecular weight excluding hydrogens is 380 g/mol. The van der Waals surface area contributed by atoms with Crippen LogP contribution < -0.4 is 9.84 Å². The maximum absolute atomic E-state index is 12.7. The lowest BCUT2D eigenvalue weighted by Crippen LogP contribution is -2.22. The van der Waals surface area contributed by atoms with Crippen molar-refractivity contribution in [2.24, 2.45) is 0 Å². The van der Waals surface area contributed by atoms with Gasteiger partial charge < -0.3 is 19.2 Å². The molecule has 1 aromatic carbocycles. The Morgan fingerprint density at radius 3 is 2.70 bits per heavy atom. The number of imidazole rings is 1. The zero-order valence-electron chi connectivity index (χ0n) is 14.0. The molecule has 0 saturated carbocycles. The molecule has 3 aromatic rings. The quantitative estimate of drug-likeness (QED) is 0.643. The molecule has 0 radical (unpaired) electrons. The summed E-state index contributed by atoms with van der Waals surface area (Å²) < 4.78 is 31.5. The lowest BCUT2D eigenvalue weighted by atomic mass is 10.0. The van der Waals surface area contributed by atoms with E-state index in [-0.39, 0.29) is 17.6 Å². The summed E-state index contributed by atoms with van der Waals surface area (Å²) in [5.41, 5.74) is 1.32. The molecule has 1 unspecified atom stereocenters. The van der Waals surface area contributed by atoms with Gasteiger partial charge in [0, 0.05) is 23.0 Å². The summed E-state index contributed by atoms with van der Waals surface area (Å²) in [7, 11) is 0. The van der Waals surface area contributed by atoms with Gasteiger partial charge in [-0.3, -0.25) is 0 Å². The standard InChI is InChI=1S/C18H14ClF2N3O3/c1-10(24-8-15(17(25)26)23-9-24)12-6-14(11-3-2-4-13(19)5-11)16(22-7-12)27-18(20)21/h2-10,18H,1H3,(H,25,26)/p-1. The number of ether oxygens (including phenoxy) is 1. The van der Waals surface area contributed by atoms with Crippen LogP contribution in [0.2, 0.25) is 5.02 Å². The zero-order chi connectivity index (χ0) is 19.6. The van der Waals surface area contributed by atoms with E-state index >= 15 is 0 Å². The summed E-state index contributed by atoms with van der Waals surface area (Å²) in [6.45, 7) is -1.24. The number of aromatic nitrogens is 3. The van der Waals surface area contributed by atoms with E-state index in [1.165, 1.54) is 18.7 Å². The summed E-state index contributed by atoms with van der Waals surface area (Å²) >= 11 is 6.00. The van der Waals surface area contributed by atoms with Crippen LogP contribution in [0.25, 0.3) is 11.1 Å². The van der Waals surface area contributed by atoms with E-state index in [9.17, 15) is 18.7 Å². The monoisotopic (exact) mass is 392 g/mol. The molecule has 0 aliphatic heterocycles. The van der Waals surface area contributed by atoms with Gasteiger partial charge in [0.25, 0.3) is 0 Å². The molecule has 1 atom stereocenters. The van der Waals surface area contributed by atoms with Gasteiger partial charge in [0.15, 0.2) is 0 Å². The van der Waals surface area contributed by atoms with Gasteiger partial charge in [-0.05, 0) is 36.2 Å². The van der Waals surface area contributed by atoms with Gasteiger partial charge in [-0.25, -0.2) is 9.97 Å². The number of carbonyl (C=O) groups excluding carboxylic acids is 1. The Morgan fingerprint density at radius 1 is 1.30 bits per heavy atom. The first-order valence-corrected chi connectivity index (χ1v) is 8.18. The first kappa shape index (κ1) is 18.8. The normalized spacial score (nSPS) is 12.2. The number of nitrogens with zero attached hydrogens (tertiary/aromatic N) is 3. The van der Waals surface area contributed by atoms with Crippen LogP contribution in [0.15, 0.2) is 49.1 Å². The van der Waals surface area contributed by atoms with Crippen LogP contribution >= 0.6 is 11.6 Å². The molecular formula is C18H13ClF2N3O3-. The van der Waals surface area contributed by atoms with Crippen molar-refractivity contribution in [3.8, 4) is 17.0 Å². The van der Waals surface area contributed by atoms with Crippen LogP contribution in [0.4, 0.5) is 8.78 Å². The number of pyridine rings is 1. The van der Waals surface area contributed by atoms with Gasteiger partial charge in [0.1, 0.15) is 5.69 Å². The molecule has 0 bridgehead atoms. The van der Waals surface area contributed by atoms with Crippen LogP contribution in [0.3, 0.4) is 0 Å². The number of carboxylic acid groups (broad SMARTS) is 1. The van der Waals surface area contributed by atoms with Gasteiger partial charge in [0.2, 0.25) is 5.88 Å². The van der Waals surface area contributed by atoms with Crippen molar-refractivity contribution in [2.45, 2.75) is 19.6 Å². The van der Waals surface area contributed by atoms with Gasteiger partial charge in [-0.15, -0.1) is 0 Å². The third kappa shape index (κ3) is 4.22. The number of aromatic carboxylic acids is 1. The van der Waals surface area contributed by atoms with Crippen molar-refractivity contribution in [3.63, 3.8) is 0 Å². The highest BCUT2D eigenvalue weighted by atomic mass is 35.5. The molecule has 0 fully saturated rings. The number of hydrogen-bond donors (Lipinski definition) is 0. The molecule has 3 rings (SSSR count). The molecule has 2 heterocycles. The molecule has 0 amide bonds. The number of benzene rings is 1. The highest BCUT2D eigenvalue weighted by Gasteiger charge is 2.17. The highest BCUT2D eigenvalue weighted by molar-refractivity contribution is 6.30. The van der Waals surface area contributed by atoms with Crippen LogP contribution in [-0.4, -0.2) is 27.1 Å². The maximum Gasteiger partial charge on any atom is 0.388 e. The van der Waals surface area contributed by atoms with E-state index < -0.39 is 12.6 Å². The second-order valence-electron chi connectivity index (χ2n) is 5.68. The first-order valence-electron chi connectivity index (χ1n) is 7.80. The molecule has 0 N–H and O–H groups in total. The van der Waals surface area contributed by atoms with Crippen molar-refractivity contribution in [2.75, 3.05) is 0 Å². The Bertz CT molecular complexity index is 978. The number of hydrogen-bond acceptors (Lipinski definition) is 5. The fourth-order valence-electron chi connectivity index (χ4n) is 2.56. The van der Waals surface area contributed by atoms with Crippen LogP contribution in [0.5, 0.6) is 5.88 Å². The van der Waals surface area contributed by atoms with Crippen molar-refractivity contribution >= 4 is 17.6 Å². The van der Waals surface area contributed by atoms with Crippen molar-refractivity contribution in [3.05, 3.63) is 65.3 Å². The number of halogens is 3. The molecule has 140 valence electrons. The third-order valence-electron chi connectivity index (χ3n) is 3.95. The third-order valence-corrected chi connectivity index (χ3v) is 4.18. The van der Waals surface area contributed by atoms with Gasteiger partial charge in [0.05, 0.1) is 18.3 Å². The summed E-state index contributed by atoms with van der Waals surface area (Å²) in [6, 6.07) is 7.92. The smallest absolute Gasteiger partial charge is 0.388 e. The first-order chi connectivity index (χ1) is 12.8. The molecule has 27 heavy (non-hydrogen) atoms. The van der Waals surface area contributed by atoms with Crippen LogP contribution in [-0.2, 0) is 0 Å². The molecule has 0 aliphatic carbocycles. The fraction of sp³-hybridized carbons (Fsp3) is 0.167. The molecule has 0 saturated heterocycles. The number of carboxylic acids is 1. The SMILES string of the molecule is CC(c1cnc(OC(F)F)c(-c2cccc(Cl)c2)c1)n1cnc(C(=O)[O-])c1. The lowest BCUT2D eigenvalue weighted by Gasteiger charge is -2.17. The Hall–Kier alpha value is -3.00. The summed E-state index contributed by atoms with van der Waals surface area (Å²) in [5, 5.41) is 11.3. The van der Waals surface area contributed by atoms with Gasteiger partial charge >= 0.3 is 6.61 Å². The zero-order valence-corrected chi connectivity index (χ0v) is 14.7. The number of rotatable bonds is 6. The summed E-state index contributed by atoms with van der Waals surface area (Å²) in [6.07, 6.45) is 4.05. The largest absolute Gasteiger partial charge is 0.543 e.